The SMILES string of the molecule is CC1(C)OC=C(COc2ccc(F)c(C(=O)c3ccc(Nc4ccc(F)cc4F)cc3Cl)c2)O1. The van der Waals surface area contributed by atoms with Gasteiger partial charge < -0.3 is 19.5 Å². The van der Waals surface area contributed by atoms with E-state index in [2.05, 4.69) is 5.32 Å². The van der Waals surface area contributed by atoms with Gasteiger partial charge in [0.1, 0.15) is 36.1 Å². The van der Waals surface area contributed by atoms with Gasteiger partial charge >= 0.3 is 0 Å². The molecule has 1 N–H and O–H groups in total. The molecule has 0 bridgehead atoms. The second-order valence-electron chi connectivity index (χ2n) is 7.91. The van der Waals surface area contributed by atoms with Gasteiger partial charge in [0.2, 0.25) is 5.79 Å². The highest BCUT2D eigenvalue weighted by molar-refractivity contribution is 6.35. The number of hydrogen-bond donors (Lipinski definition) is 1. The molecule has 5 nitrogen and oxygen atoms in total. The summed E-state index contributed by atoms with van der Waals surface area (Å²) in [6.45, 7) is 3.52. The van der Waals surface area contributed by atoms with Crippen LogP contribution in [0.25, 0.3) is 0 Å². The minimum absolute atomic E-state index is 0.0205. The molecule has 176 valence electrons. The molecule has 1 aliphatic rings. The number of nitrogens with one attached hydrogen (secondary N) is 1. The van der Waals surface area contributed by atoms with Gasteiger partial charge in [-0.2, -0.15) is 0 Å². The van der Waals surface area contributed by atoms with E-state index in [9.17, 15) is 18.0 Å². The number of carbonyl (C=O) groups excluding carboxylic acids is 1. The Bertz CT molecular complexity index is 1290. The maximum Gasteiger partial charge on any atom is 0.244 e. The molecular weight excluding hydrogens is 471 g/mol. The highest BCUT2D eigenvalue weighted by Crippen LogP contribution is 2.29. The smallest absolute Gasteiger partial charge is 0.244 e. The van der Waals surface area contributed by atoms with Crippen LogP contribution in [-0.2, 0) is 9.47 Å². The van der Waals surface area contributed by atoms with Crippen LogP contribution in [0.2, 0.25) is 5.02 Å². The Balaban J connectivity index is 1.50. The zero-order valence-electron chi connectivity index (χ0n) is 18.1. The lowest BCUT2D eigenvalue weighted by Crippen LogP contribution is -2.21. The average Bonchev–Trinajstić information content (AvgIpc) is 3.13. The number of anilines is 2. The van der Waals surface area contributed by atoms with E-state index in [0.717, 1.165) is 18.2 Å². The number of rotatable bonds is 7. The van der Waals surface area contributed by atoms with Crippen molar-refractivity contribution >= 4 is 28.8 Å². The second kappa shape index (κ2) is 9.30. The molecule has 9 heteroatoms. The van der Waals surface area contributed by atoms with Crippen molar-refractivity contribution in [3.63, 3.8) is 0 Å². The van der Waals surface area contributed by atoms with Crippen molar-refractivity contribution in [1.82, 2.24) is 0 Å². The lowest BCUT2D eigenvalue weighted by atomic mass is 10.0. The van der Waals surface area contributed by atoms with Gasteiger partial charge in [-0.3, -0.25) is 4.79 Å². The first-order valence-electron chi connectivity index (χ1n) is 10.2. The van der Waals surface area contributed by atoms with Crippen LogP contribution in [0, 0.1) is 17.5 Å². The van der Waals surface area contributed by atoms with Crippen molar-refractivity contribution < 1.29 is 32.2 Å². The van der Waals surface area contributed by atoms with Gasteiger partial charge in [0.05, 0.1) is 16.3 Å². The molecule has 0 saturated carbocycles. The third-order valence-electron chi connectivity index (χ3n) is 4.84. The van der Waals surface area contributed by atoms with Crippen LogP contribution in [0.4, 0.5) is 24.5 Å². The standard InChI is InChI=1S/C25H19ClF3NO4/c1-25(2)33-13-17(34-25)12-32-16-5-7-21(28)19(11-16)24(31)18-6-4-15(10-20(18)26)30-23-8-3-14(27)9-22(23)29/h3-11,13,30H,12H2,1-2H3. The summed E-state index contributed by atoms with van der Waals surface area (Å²) in [5.41, 5.74) is 0.199. The first-order chi connectivity index (χ1) is 16.1. The molecule has 0 aromatic heterocycles. The largest absolute Gasteiger partial charge is 0.486 e. The van der Waals surface area contributed by atoms with E-state index in [1.807, 2.05) is 0 Å². The molecule has 0 aliphatic carbocycles. The molecule has 0 saturated heterocycles. The van der Waals surface area contributed by atoms with Gasteiger partial charge in [-0.25, -0.2) is 13.2 Å². The number of benzene rings is 3. The van der Waals surface area contributed by atoms with Crippen LogP contribution >= 0.6 is 11.6 Å². The van der Waals surface area contributed by atoms with E-state index in [1.165, 1.54) is 42.7 Å². The molecule has 0 unspecified atom stereocenters. The fourth-order valence-electron chi connectivity index (χ4n) is 3.23. The van der Waals surface area contributed by atoms with E-state index in [-0.39, 0.29) is 34.2 Å². The number of halogens is 4. The maximum absolute atomic E-state index is 14.5. The zero-order valence-corrected chi connectivity index (χ0v) is 18.9. The predicted molar refractivity (Wildman–Crippen MR) is 121 cm³/mol. The van der Waals surface area contributed by atoms with Crippen LogP contribution in [0.15, 0.2) is 66.6 Å². The van der Waals surface area contributed by atoms with Crippen molar-refractivity contribution in [2.24, 2.45) is 0 Å². The van der Waals surface area contributed by atoms with Gasteiger partial charge in [-0.05, 0) is 48.5 Å². The molecule has 4 rings (SSSR count). The van der Waals surface area contributed by atoms with E-state index in [1.54, 1.807) is 13.8 Å². The van der Waals surface area contributed by atoms with Gasteiger partial charge in [-0.1, -0.05) is 11.6 Å². The van der Waals surface area contributed by atoms with Gasteiger partial charge in [0, 0.05) is 31.2 Å². The summed E-state index contributed by atoms with van der Waals surface area (Å²) in [7, 11) is 0. The number of carbonyl (C=O) groups is 1. The fourth-order valence-corrected chi connectivity index (χ4v) is 3.49. The Morgan fingerprint density at radius 1 is 1.00 bits per heavy atom. The minimum Gasteiger partial charge on any atom is -0.486 e. The highest BCUT2D eigenvalue weighted by atomic mass is 35.5. The molecule has 0 radical (unpaired) electrons. The third-order valence-corrected chi connectivity index (χ3v) is 5.15. The van der Waals surface area contributed by atoms with E-state index < -0.39 is 29.0 Å². The van der Waals surface area contributed by atoms with E-state index >= 15 is 0 Å². The van der Waals surface area contributed by atoms with Gasteiger partial charge in [-0.15, -0.1) is 0 Å². The average molecular weight is 490 g/mol. The van der Waals surface area contributed by atoms with Crippen molar-refractivity contribution in [3.8, 4) is 5.75 Å². The molecule has 3 aromatic carbocycles. The maximum atomic E-state index is 14.5. The zero-order chi connectivity index (χ0) is 24.5. The molecule has 1 heterocycles. The first kappa shape index (κ1) is 23.5. The monoisotopic (exact) mass is 489 g/mol. The van der Waals surface area contributed by atoms with Crippen molar-refractivity contribution in [2.45, 2.75) is 19.6 Å². The molecule has 34 heavy (non-hydrogen) atoms. The van der Waals surface area contributed by atoms with Crippen LogP contribution in [0.5, 0.6) is 5.75 Å². The third kappa shape index (κ3) is 5.28. The summed E-state index contributed by atoms with van der Waals surface area (Å²) in [6.07, 6.45) is 1.43. The highest BCUT2D eigenvalue weighted by Gasteiger charge is 2.28. The summed E-state index contributed by atoms with van der Waals surface area (Å²) in [5.74, 6) is -2.99. The molecule has 0 spiro atoms. The van der Waals surface area contributed by atoms with Gasteiger partial charge in [0.25, 0.3) is 0 Å². The second-order valence-corrected chi connectivity index (χ2v) is 8.31. The quantitative estimate of drug-likeness (QED) is 0.373. The van der Waals surface area contributed by atoms with Crippen LogP contribution < -0.4 is 10.1 Å². The van der Waals surface area contributed by atoms with Crippen LogP contribution in [0.1, 0.15) is 29.8 Å². The summed E-state index contributed by atoms with van der Waals surface area (Å²) >= 11 is 6.27. The number of ketones is 1. The van der Waals surface area contributed by atoms with Crippen molar-refractivity contribution in [2.75, 3.05) is 11.9 Å². The van der Waals surface area contributed by atoms with Crippen LogP contribution in [-0.4, -0.2) is 18.2 Å². The number of hydrogen-bond acceptors (Lipinski definition) is 5. The molecule has 0 amide bonds. The lowest BCUT2D eigenvalue weighted by Gasteiger charge is -2.18. The Labute approximate surface area is 198 Å². The summed E-state index contributed by atoms with van der Waals surface area (Å²) < 4.78 is 57.9. The van der Waals surface area contributed by atoms with E-state index in [0.29, 0.717) is 11.4 Å². The normalized spacial score (nSPS) is 14.1. The first-order valence-corrected chi connectivity index (χ1v) is 10.5. The number of ether oxygens (including phenoxy) is 3. The van der Waals surface area contributed by atoms with Crippen molar-refractivity contribution in [1.29, 1.82) is 0 Å². The molecule has 1 aliphatic heterocycles. The van der Waals surface area contributed by atoms with Gasteiger partial charge in [0.15, 0.2) is 11.5 Å². The minimum atomic E-state index is -0.789. The molecular formula is C25H19ClF3NO4. The Kier molecular flexibility index (Phi) is 6.43. The van der Waals surface area contributed by atoms with Crippen LogP contribution in [0.3, 0.4) is 0 Å². The fraction of sp³-hybridized carbons (Fsp3) is 0.160. The lowest BCUT2D eigenvalue weighted by molar-refractivity contribution is -0.119. The molecule has 0 atom stereocenters. The molecule has 0 fully saturated rings. The van der Waals surface area contributed by atoms with E-state index in [4.69, 9.17) is 25.8 Å². The van der Waals surface area contributed by atoms with Crippen molar-refractivity contribution in [3.05, 3.63) is 100 Å². The predicted octanol–water partition coefficient (Wildman–Crippen LogP) is 6.74. The molecule has 3 aromatic rings. The topological polar surface area (TPSA) is 56.8 Å². The Hall–Kier alpha value is -3.65. The summed E-state index contributed by atoms with van der Waals surface area (Å²) in [4.78, 5) is 13.0. The Morgan fingerprint density at radius 3 is 2.47 bits per heavy atom. The summed E-state index contributed by atoms with van der Waals surface area (Å²) in [5, 5.41) is 2.78. The Morgan fingerprint density at radius 2 is 1.79 bits per heavy atom. The summed E-state index contributed by atoms with van der Waals surface area (Å²) in [6, 6.07) is 11.1.